The number of nitrogens with zero attached hydrogens (tertiary/aromatic N) is 3. The molecule has 6 nitrogen and oxygen atoms in total. The van der Waals surface area contributed by atoms with E-state index in [4.69, 9.17) is 9.47 Å². The molecule has 0 bridgehead atoms. The van der Waals surface area contributed by atoms with Gasteiger partial charge in [-0.05, 0) is 70.2 Å². The molecule has 0 atom stereocenters. The van der Waals surface area contributed by atoms with Gasteiger partial charge in [-0.3, -0.25) is 4.90 Å². The average Bonchev–Trinajstić information content (AvgIpc) is 2.72. The number of likely N-dealkylation sites (tertiary alicyclic amines) is 1. The number of carbonyl (C=O) groups is 1. The first-order valence-electron chi connectivity index (χ1n) is 11.4. The summed E-state index contributed by atoms with van der Waals surface area (Å²) in [6.07, 6.45) is 3.24. The van der Waals surface area contributed by atoms with Crippen molar-refractivity contribution in [1.82, 2.24) is 9.80 Å². The minimum Gasteiger partial charge on any atom is -0.444 e. The summed E-state index contributed by atoms with van der Waals surface area (Å²) in [5.74, 6) is 0.715. The summed E-state index contributed by atoms with van der Waals surface area (Å²) in [5.41, 5.74) is 2.12. The number of carbonyl (C=O) groups excluding carboxylic acids is 1. The number of rotatable bonds is 6. The fourth-order valence-electron chi connectivity index (χ4n) is 4.34. The SMILES string of the molecule is COCc1cccc(N2CCN(CCC3CCN(C(=O)OC(C)(C)C)CC3)CC2)c1. The Morgan fingerprint density at radius 3 is 2.40 bits per heavy atom. The van der Waals surface area contributed by atoms with Crippen molar-refractivity contribution in [2.24, 2.45) is 5.92 Å². The molecule has 2 heterocycles. The third kappa shape index (κ3) is 6.88. The second-order valence-corrected chi connectivity index (χ2v) is 9.63. The number of ether oxygens (including phenoxy) is 2. The van der Waals surface area contributed by atoms with Crippen LogP contribution in [0.3, 0.4) is 0 Å². The monoisotopic (exact) mass is 417 g/mol. The van der Waals surface area contributed by atoms with E-state index in [-0.39, 0.29) is 6.09 Å². The van der Waals surface area contributed by atoms with Crippen LogP contribution in [-0.4, -0.2) is 74.4 Å². The number of piperazine rings is 1. The van der Waals surface area contributed by atoms with Crippen LogP contribution in [0.4, 0.5) is 10.5 Å². The van der Waals surface area contributed by atoms with Crippen molar-refractivity contribution >= 4 is 11.8 Å². The van der Waals surface area contributed by atoms with Gasteiger partial charge in [-0.25, -0.2) is 4.79 Å². The summed E-state index contributed by atoms with van der Waals surface area (Å²) >= 11 is 0. The van der Waals surface area contributed by atoms with E-state index < -0.39 is 5.60 Å². The van der Waals surface area contributed by atoms with Gasteiger partial charge in [0.1, 0.15) is 5.60 Å². The molecule has 0 radical (unpaired) electrons. The van der Waals surface area contributed by atoms with E-state index in [9.17, 15) is 4.79 Å². The summed E-state index contributed by atoms with van der Waals surface area (Å²) in [7, 11) is 1.74. The minimum absolute atomic E-state index is 0.161. The smallest absolute Gasteiger partial charge is 0.410 e. The maximum atomic E-state index is 12.2. The van der Waals surface area contributed by atoms with Crippen molar-refractivity contribution in [3.8, 4) is 0 Å². The highest BCUT2D eigenvalue weighted by Gasteiger charge is 2.27. The van der Waals surface area contributed by atoms with Crippen molar-refractivity contribution in [1.29, 1.82) is 0 Å². The molecule has 30 heavy (non-hydrogen) atoms. The Hall–Kier alpha value is -1.79. The summed E-state index contributed by atoms with van der Waals surface area (Å²) < 4.78 is 10.8. The standard InChI is InChI=1S/C24H39N3O3/c1-24(2,3)30-23(28)27-12-9-20(10-13-27)8-11-25-14-16-26(17-15-25)22-7-5-6-21(18-22)19-29-4/h5-7,18,20H,8-17,19H2,1-4H3. The third-order valence-electron chi connectivity index (χ3n) is 6.08. The summed E-state index contributed by atoms with van der Waals surface area (Å²) in [5, 5.41) is 0. The van der Waals surface area contributed by atoms with Crippen LogP contribution >= 0.6 is 0 Å². The highest BCUT2D eigenvalue weighted by molar-refractivity contribution is 5.68. The normalized spacial score (nSPS) is 19.2. The van der Waals surface area contributed by atoms with Crippen LogP contribution in [0.15, 0.2) is 24.3 Å². The molecule has 2 aliphatic rings. The number of hydrogen-bond acceptors (Lipinski definition) is 5. The van der Waals surface area contributed by atoms with Gasteiger partial charge >= 0.3 is 6.09 Å². The molecule has 0 aliphatic carbocycles. The molecule has 2 fully saturated rings. The van der Waals surface area contributed by atoms with Crippen molar-refractivity contribution in [2.75, 3.05) is 57.8 Å². The first kappa shape index (κ1) is 22.9. The molecule has 0 N–H and O–H groups in total. The Bertz CT molecular complexity index is 673. The topological polar surface area (TPSA) is 45.2 Å². The van der Waals surface area contributed by atoms with Crippen molar-refractivity contribution in [2.45, 2.75) is 52.2 Å². The van der Waals surface area contributed by atoms with E-state index in [1.54, 1.807) is 7.11 Å². The van der Waals surface area contributed by atoms with Gasteiger partial charge in [0, 0.05) is 52.1 Å². The molecular formula is C24H39N3O3. The van der Waals surface area contributed by atoms with E-state index in [0.29, 0.717) is 12.5 Å². The minimum atomic E-state index is -0.416. The van der Waals surface area contributed by atoms with Crippen LogP contribution in [-0.2, 0) is 16.1 Å². The molecule has 1 aromatic carbocycles. The van der Waals surface area contributed by atoms with E-state index in [2.05, 4.69) is 34.1 Å². The molecule has 1 amide bonds. The van der Waals surface area contributed by atoms with E-state index in [1.807, 2.05) is 25.7 Å². The lowest BCUT2D eigenvalue weighted by molar-refractivity contribution is 0.0177. The van der Waals surface area contributed by atoms with Gasteiger partial charge in [0.05, 0.1) is 6.61 Å². The van der Waals surface area contributed by atoms with Gasteiger partial charge < -0.3 is 19.3 Å². The Morgan fingerprint density at radius 2 is 1.77 bits per heavy atom. The molecule has 6 heteroatoms. The van der Waals surface area contributed by atoms with Crippen molar-refractivity contribution < 1.29 is 14.3 Å². The fourth-order valence-corrected chi connectivity index (χ4v) is 4.34. The molecule has 1 aromatic rings. The maximum absolute atomic E-state index is 12.2. The zero-order valence-electron chi connectivity index (χ0n) is 19.2. The number of piperidine rings is 1. The summed E-state index contributed by atoms with van der Waals surface area (Å²) in [4.78, 5) is 19.2. The maximum Gasteiger partial charge on any atom is 0.410 e. The number of amides is 1. The highest BCUT2D eigenvalue weighted by Crippen LogP contribution is 2.24. The van der Waals surface area contributed by atoms with E-state index >= 15 is 0 Å². The van der Waals surface area contributed by atoms with Crippen LogP contribution in [0.2, 0.25) is 0 Å². The third-order valence-corrected chi connectivity index (χ3v) is 6.08. The quantitative estimate of drug-likeness (QED) is 0.700. The van der Waals surface area contributed by atoms with Gasteiger partial charge in [-0.2, -0.15) is 0 Å². The largest absolute Gasteiger partial charge is 0.444 e. The fraction of sp³-hybridized carbons (Fsp3) is 0.708. The Labute approximate surface area is 182 Å². The molecule has 3 rings (SSSR count). The lowest BCUT2D eigenvalue weighted by Crippen LogP contribution is -2.47. The molecule has 2 saturated heterocycles. The van der Waals surface area contributed by atoms with Crippen molar-refractivity contribution in [3.63, 3.8) is 0 Å². The van der Waals surface area contributed by atoms with Gasteiger partial charge in [0.25, 0.3) is 0 Å². The molecule has 0 spiro atoms. The van der Waals surface area contributed by atoms with Crippen LogP contribution < -0.4 is 4.90 Å². The predicted octanol–water partition coefficient (Wildman–Crippen LogP) is 3.99. The first-order valence-corrected chi connectivity index (χ1v) is 11.4. The predicted molar refractivity (Wildman–Crippen MR) is 121 cm³/mol. The highest BCUT2D eigenvalue weighted by atomic mass is 16.6. The molecule has 2 aliphatic heterocycles. The zero-order valence-corrected chi connectivity index (χ0v) is 19.2. The second kappa shape index (κ2) is 10.5. The Balaban J connectivity index is 1.36. The zero-order chi connectivity index (χ0) is 21.6. The van der Waals surface area contributed by atoms with Crippen LogP contribution in [0.25, 0.3) is 0 Å². The molecule has 0 unspecified atom stereocenters. The molecule has 168 valence electrons. The van der Waals surface area contributed by atoms with Gasteiger partial charge in [0.15, 0.2) is 0 Å². The number of hydrogen-bond donors (Lipinski definition) is 0. The number of methoxy groups -OCH3 is 1. The second-order valence-electron chi connectivity index (χ2n) is 9.63. The van der Waals surface area contributed by atoms with E-state index in [0.717, 1.165) is 58.7 Å². The number of anilines is 1. The van der Waals surface area contributed by atoms with Crippen LogP contribution in [0.5, 0.6) is 0 Å². The lowest BCUT2D eigenvalue weighted by atomic mass is 9.93. The van der Waals surface area contributed by atoms with Crippen LogP contribution in [0.1, 0.15) is 45.6 Å². The molecule has 0 saturated carbocycles. The summed E-state index contributed by atoms with van der Waals surface area (Å²) in [6, 6.07) is 8.70. The van der Waals surface area contributed by atoms with Gasteiger partial charge in [-0.15, -0.1) is 0 Å². The summed E-state index contributed by atoms with van der Waals surface area (Å²) in [6.45, 7) is 13.6. The lowest BCUT2D eigenvalue weighted by Gasteiger charge is -2.38. The Morgan fingerprint density at radius 1 is 1.07 bits per heavy atom. The van der Waals surface area contributed by atoms with E-state index in [1.165, 1.54) is 17.7 Å². The molecule has 0 aromatic heterocycles. The molecular weight excluding hydrogens is 378 g/mol. The Kier molecular flexibility index (Phi) is 8.00. The average molecular weight is 418 g/mol. The van der Waals surface area contributed by atoms with Gasteiger partial charge in [-0.1, -0.05) is 12.1 Å². The first-order chi connectivity index (χ1) is 14.3. The van der Waals surface area contributed by atoms with Gasteiger partial charge in [0.2, 0.25) is 0 Å². The van der Waals surface area contributed by atoms with Crippen molar-refractivity contribution in [3.05, 3.63) is 29.8 Å². The number of benzene rings is 1. The van der Waals surface area contributed by atoms with Crippen LogP contribution in [0, 0.1) is 5.92 Å².